The van der Waals surface area contributed by atoms with Gasteiger partial charge in [-0.3, -0.25) is 9.89 Å². The zero-order valence-electron chi connectivity index (χ0n) is 11.1. The van der Waals surface area contributed by atoms with E-state index < -0.39 is 0 Å². The monoisotopic (exact) mass is 260 g/mol. The smallest absolute Gasteiger partial charge is 0.255 e. The van der Waals surface area contributed by atoms with Crippen molar-refractivity contribution in [1.29, 1.82) is 0 Å². The van der Waals surface area contributed by atoms with Gasteiger partial charge in [0.05, 0.1) is 18.7 Å². The number of aromatic amines is 1. The van der Waals surface area contributed by atoms with Crippen molar-refractivity contribution in [3.05, 3.63) is 41.5 Å². The molecule has 19 heavy (non-hydrogen) atoms. The van der Waals surface area contributed by atoms with Crippen LogP contribution >= 0.6 is 0 Å². The second-order valence-corrected chi connectivity index (χ2v) is 4.27. The van der Waals surface area contributed by atoms with Crippen molar-refractivity contribution in [1.82, 2.24) is 20.5 Å². The number of hydrogen-bond acceptors (Lipinski definition) is 4. The highest BCUT2D eigenvalue weighted by Gasteiger charge is 2.16. The van der Waals surface area contributed by atoms with Gasteiger partial charge < -0.3 is 10.1 Å². The molecule has 1 amide bonds. The summed E-state index contributed by atoms with van der Waals surface area (Å²) >= 11 is 0. The van der Waals surface area contributed by atoms with E-state index in [0.717, 1.165) is 5.56 Å². The molecular weight excluding hydrogens is 244 g/mol. The van der Waals surface area contributed by atoms with E-state index in [1.165, 1.54) is 6.33 Å². The molecule has 0 saturated heterocycles. The Kier molecular flexibility index (Phi) is 3.79. The third-order valence-corrected chi connectivity index (χ3v) is 2.79. The second kappa shape index (κ2) is 5.51. The Morgan fingerprint density at radius 3 is 2.89 bits per heavy atom. The SMILES string of the molecule is COc1ccc(C)cc1C(=O)NC(C)c1ncn[nH]1. The molecule has 2 aromatic rings. The molecule has 1 aromatic heterocycles. The first kappa shape index (κ1) is 13.1. The summed E-state index contributed by atoms with van der Waals surface area (Å²) in [6, 6.07) is 5.22. The molecule has 2 N–H and O–H groups in total. The number of hydrogen-bond donors (Lipinski definition) is 2. The van der Waals surface area contributed by atoms with E-state index in [-0.39, 0.29) is 11.9 Å². The summed E-state index contributed by atoms with van der Waals surface area (Å²) in [5.74, 6) is 0.956. The first-order chi connectivity index (χ1) is 9.11. The summed E-state index contributed by atoms with van der Waals surface area (Å²) in [6.45, 7) is 3.76. The quantitative estimate of drug-likeness (QED) is 0.875. The van der Waals surface area contributed by atoms with Crippen LogP contribution in [0.3, 0.4) is 0 Å². The zero-order valence-corrected chi connectivity index (χ0v) is 11.1. The Balaban J connectivity index is 2.18. The first-order valence-corrected chi connectivity index (χ1v) is 5.92. The fourth-order valence-electron chi connectivity index (χ4n) is 1.77. The van der Waals surface area contributed by atoms with Crippen molar-refractivity contribution in [3.8, 4) is 5.75 Å². The van der Waals surface area contributed by atoms with Gasteiger partial charge in [-0.15, -0.1) is 0 Å². The number of carbonyl (C=O) groups is 1. The molecule has 2 rings (SSSR count). The van der Waals surface area contributed by atoms with Gasteiger partial charge in [-0.1, -0.05) is 11.6 Å². The minimum absolute atomic E-state index is 0.204. The van der Waals surface area contributed by atoms with Crippen LogP contribution in [0.5, 0.6) is 5.75 Å². The Labute approximate surface area is 111 Å². The van der Waals surface area contributed by atoms with Gasteiger partial charge in [-0.2, -0.15) is 5.10 Å². The Morgan fingerprint density at radius 1 is 1.47 bits per heavy atom. The third-order valence-electron chi connectivity index (χ3n) is 2.79. The fourth-order valence-corrected chi connectivity index (χ4v) is 1.77. The van der Waals surface area contributed by atoms with E-state index in [2.05, 4.69) is 20.5 Å². The molecule has 1 heterocycles. The van der Waals surface area contributed by atoms with Crippen molar-refractivity contribution >= 4 is 5.91 Å². The number of amides is 1. The van der Waals surface area contributed by atoms with Gasteiger partial charge in [0.15, 0.2) is 0 Å². The molecule has 0 bridgehead atoms. The van der Waals surface area contributed by atoms with E-state index in [0.29, 0.717) is 17.1 Å². The lowest BCUT2D eigenvalue weighted by Gasteiger charge is -2.13. The fraction of sp³-hybridized carbons (Fsp3) is 0.308. The van der Waals surface area contributed by atoms with Crippen LogP contribution in [0.15, 0.2) is 24.5 Å². The number of aromatic nitrogens is 3. The zero-order chi connectivity index (χ0) is 13.8. The van der Waals surface area contributed by atoms with Crippen molar-refractivity contribution in [3.63, 3.8) is 0 Å². The van der Waals surface area contributed by atoms with Crippen LogP contribution in [0.2, 0.25) is 0 Å². The molecule has 1 atom stereocenters. The van der Waals surface area contributed by atoms with Crippen LogP contribution in [0, 0.1) is 6.92 Å². The molecule has 0 radical (unpaired) electrons. The molecule has 0 aliphatic heterocycles. The minimum atomic E-state index is -0.250. The molecule has 0 aliphatic carbocycles. The van der Waals surface area contributed by atoms with Crippen molar-refractivity contribution in [2.24, 2.45) is 0 Å². The summed E-state index contributed by atoms with van der Waals surface area (Å²) in [7, 11) is 1.54. The Morgan fingerprint density at radius 2 is 2.26 bits per heavy atom. The van der Waals surface area contributed by atoms with Crippen LogP contribution in [0.1, 0.15) is 34.7 Å². The Bertz CT molecular complexity index is 566. The number of methoxy groups -OCH3 is 1. The number of nitrogens with zero attached hydrogens (tertiary/aromatic N) is 2. The predicted octanol–water partition coefficient (Wildman–Crippen LogP) is 1.61. The highest BCUT2D eigenvalue weighted by molar-refractivity contribution is 5.97. The van der Waals surface area contributed by atoms with E-state index >= 15 is 0 Å². The molecule has 100 valence electrons. The maximum Gasteiger partial charge on any atom is 0.255 e. The minimum Gasteiger partial charge on any atom is -0.496 e. The second-order valence-electron chi connectivity index (χ2n) is 4.27. The highest BCUT2D eigenvalue weighted by Crippen LogP contribution is 2.20. The van der Waals surface area contributed by atoms with E-state index in [1.54, 1.807) is 19.2 Å². The number of H-pyrrole nitrogens is 1. The predicted molar refractivity (Wildman–Crippen MR) is 70.0 cm³/mol. The van der Waals surface area contributed by atoms with Crippen LogP contribution in [-0.4, -0.2) is 28.2 Å². The molecule has 0 spiro atoms. The number of ether oxygens (including phenoxy) is 1. The number of carbonyl (C=O) groups excluding carboxylic acids is 1. The summed E-state index contributed by atoms with van der Waals surface area (Å²) < 4.78 is 5.20. The number of rotatable bonds is 4. The summed E-state index contributed by atoms with van der Waals surface area (Å²) in [4.78, 5) is 16.2. The van der Waals surface area contributed by atoms with Gasteiger partial charge in [-0.25, -0.2) is 4.98 Å². The van der Waals surface area contributed by atoms with Gasteiger partial charge in [0.2, 0.25) is 0 Å². The van der Waals surface area contributed by atoms with Gasteiger partial charge in [-0.05, 0) is 26.0 Å². The first-order valence-electron chi connectivity index (χ1n) is 5.92. The highest BCUT2D eigenvalue weighted by atomic mass is 16.5. The van der Waals surface area contributed by atoms with Gasteiger partial charge in [0.25, 0.3) is 5.91 Å². The average Bonchev–Trinajstić information content (AvgIpc) is 2.92. The normalized spacial score (nSPS) is 11.9. The number of benzene rings is 1. The van der Waals surface area contributed by atoms with Crippen LogP contribution in [0.25, 0.3) is 0 Å². The molecule has 1 aromatic carbocycles. The molecule has 0 saturated carbocycles. The van der Waals surface area contributed by atoms with Gasteiger partial charge in [0, 0.05) is 0 Å². The number of aryl methyl sites for hydroxylation is 1. The Hall–Kier alpha value is -2.37. The summed E-state index contributed by atoms with van der Waals surface area (Å²) in [5.41, 5.74) is 1.51. The maximum atomic E-state index is 12.2. The standard InChI is InChI=1S/C13H16N4O2/c1-8-4-5-11(19-3)10(6-8)13(18)16-9(2)12-14-7-15-17-12/h4-7,9H,1-3H3,(H,16,18)(H,14,15,17). The molecule has 6 heteroatoms. The van der Waals surface area contributed by atoms with Crippen LogP contribution in [-0.2, 0) is 0 Å². The average molecular weight is 260 g/mol. The van der Waals surface area contributed by atoms with Crippen molar-refractivity contribution < 1.29 is 9.53 Å². The van der Waals surface area contributed by atoms with Crippen LogP contribution < -0.4 is 10.1 Å². The maximum absolute atomic E-state index is 12.2. The molecule has 6 nitrogen and oxygen atoms in total. The van der Waals surface area contributed by atoms with Crippen molar-refractivity contribution in [2.75, 3.05) is 7.11 Å². The number of nitrogens with one attached hydrogen (secondary N) is 2. The summed E-state index contributed by atoms with van der Waals surface area (Å²) in [5, 5.41) is 9.33. The van der Waals surface area contributed by atoms with Crippen molar-refractivity contribution in [2.45, 2.75) is 19.9 Å². The lowest BCUT2D eigenvalue weighted by Crippen LogP contribution is -2.27. The third kappa shape index (κ3) is 2.90. The molecule has 0 aliphatic rings. The van der Waals surface area contributed by atoms with E-state index in [4.69, 9.17) is 4.74 Å². The largest absolute Gasteiger partial charge is 0.496 e. The lowest BCUT2D eigenvalue weighted by atomic mass is 10.1. The van der Waals surface area contributed by atoms with E-state index in [1.807, 2.05) is 19.9 Å². The van der Waals surface area contributed by atoms with Gasteiger partial charge in [0.1, 0.15) is 17.9 Å². The van der Waals surface area contributed by atoms with Crippen LogP contribution in [0.4, 0.5) is 0 Å². The topological polar surface area (TPSA) is 79.9 Å². The molecule has 1 unspecified atom stereocenters. The van der Waals surface area contributed by atoms with E-state index in [9.17, 15) is 4.79 Å². The summed E-state index contributed by atoms with van der Waals surface area (Å²) in [6.07, 6.45) is 1.41. The molecule has 0 fully saturated rings. The van der Waals surface area contributed by atoms with Gasteiger partial charge >= 0.3 is 0 Å². The molecular formula is C13H16N4O2. The lowest BCUT2D eigenvalue weighted by molar-refractivity contribution is 0.0935.